The van der Waals surface area contributed by atoms with Crippen LogP contribution in [-0.2, 0) is 9.47 Å². The van der Waals surface area contributed by atoms with Crippen molar-refractivity contribution in [1.29, 1.82) is 0 Å². The lowest BCUT2D eigenvalue weighted by molar-refractivity contribution is -0.0322. The third-order valence-corrected chi connectivity index (χ3v) is 3.12. The van der Waals surface area contributed by atoms with Gasteiger partial charge < -0.3 is 18.8 Å². The van der Waals surface area contributed by atoms with Crippen molar-refractivity contribution in [3.05, 3.63) is 24.2 Å². The normalized spacial score (nSPS) is 19.4. The van der Waals surface area contributed by atoms with Crippen molar-refractivity contribution in [3.63, 3.8) is 0 Å². The van der Waals surface area contributed by atoms with E-state index in [9.17, 15) is 9.59 Å². The maximum Gasteiger partial charge on any atom is 0.410 e. The van der Waals surface area contributed by atoms with Crippen molar-refractivity contribution < 1.29 is 23.5 Å². The van der Waals surface area contributed by atoms with Gasteiger partial charge in [0.25, 0.3) is 0 Å². The molecule has 0 saturated carbocycles. The van der Waals surface area contributed by atoms with Crippen LogP contribution in [0.5, 0.6) is 0 Å². The van der Waals surface area contributed by atoms with Crippen LogP contribution >= 0.6 is 0 Å². The quantitative estimate of drug-likeness (QED) is 0.801. The molecule has 0 N–H and O–H groups in total. The highest BCUT2D eigenvalue weighted by Crippen LogP contribution is 2.18. The molecule has 1 aromatic heterocycles. The minimum Gasteiger partial charge on any atom is -0.472 e. The molecule has 116 valence electrons. The summed E-state index contributed by atoms with van der Waals surface area (Å²) in [5, 5.41) is 0. The molecule has 0 radical (unpaired) electrons. The van der Waals surface area contributed by atoms with Crippen LogP contribution < -0.4 is 0 Å². The second-order valence-electron chi connectivity index (χ2n) is 6.04. The zero-order chi connectivity index (χ0) is 15.5. The van der Waals surface area contributed by atoms with Gasteiger partial charge in [0.15, 0.2) is 5.78 Å². The van der Waals surface area contributed by atoms with Crippen molar-refractivity contribution in [2.24, 2.45) is 0 Å². The van der Waals surface area contributed by atoms with Crippen molar-refractivity contribution in [3.8, 4) is 0 Å². The lowest BCUT2D eigenvalue weighted by Gasteiger charge is -2.36. The molecule has 1 aliphatic heterocycles. The number of carbonyl (C=O) groups is 2. The van der Waals surface area contributed by atoms with E-state index in [1.807, 2.05) is 20.8 Å². The summed E-state index contributed by atoms with van der Waals surface area (Å²) in [6.07, 6.45) is 2.65. The first-order chi connectivity index (χ1) is 9.87. The van der Waals surface area contributed by atoms with E-state index in [2.05, 4.69) is 0 Å². The molecule has 0 spiro atoms. The first-order valence-corrected chi connectivity index (χ1v) is 6.99. The van der Waals surface area contributed by atoms with Crippen LogP contribution in [0.2, 0.25) is 0 Å². The molecule has 1 saturated heterocycles. The number of ketones is 1. The highest BCUT2D eigenvalue weighted by atomic mass is 16.6. The van der Waals surface area contributed by atoms with Crippen molar-refractivity contribution in [1.82, 2.24) is 4.90 Å². The van der Waals surface area contributed by atoms with Crippen molar-refractivity contribution in [2.45, 2.75) is 38.8 Å². The van der Waals surface area contributed by atoms with E-state index in [0.29, 0.717) is 25.3 Å². The van der Waals surface area contributed by atoms with E-state index in [4.69, 9.17) is 13.9 Å². The molecule has 1 aliphatic rings. The van der Waals surface area contributed by atoms with Gasteiger partial charge in [-0.15, -0.1) is 0 Å². The molecule has 2 heterocycles. The Morgan fingerprint density at radius 3 is 2.81 bits per heavy atom. The Kier molecular flexibility index (Phi) is 4.67. The van der Waals surface area contributed by atoms with Gasteiger partial charge in [-0.1, -0.05) is 0 Å². The van der Waals surface area contributed by atoms with E-state index in [1.165, 1.54) is 12.5 Å². The molecule has 1 aromatic rings. The van der Waals surface area contributed by atoms with Gasteiger partial charge in [-0.2, -0.15) is 0 Å². The average Bonchev–Trinajstić information content (AvgIpc) is 2.91. The summed E-state index contributed by atoms with van der Waals surface area (Å²) in [6.45, 7) is 6.67. The van der Waals surface area contributed by atoms with Gasteiger partial charge in [0, 0.05) is 13.0 Å². The number of carbonyl (C=O) groups excluding carboxylic acids is 2. The smallest absolute Gasteiger partial charge is 0.410 e. The van der Waals surface area contributed by atoms with E-state index in [-0.39, 0.29) is 18.2 Å². The highest BCUT2D eigenvalue weighted by Gasteiger charge is 2.32. The Morgan fingerprint density at radius 2 is 2.19 bits per heavy atom. The zero-order valence-corrected chi connectivity index (χ0v) is 12.6. The summed E-state index contributed by atoms with van der Waals surface area (Å²) in [6, 6.07) is 1.31. The van der Waals surface area contributed by atoms with Crippen molar-refractivity contribution in [2.75, 3.05) is 19.8 Å². The van der Waals surface area contributed by atoms with E-state index in [0.717, 1.165) is 0 Å². The summed E-state index contributed by atoms with van der Waals surface area (Å²) in [7, 11) is 0. The van der Waals surface area contributed by atoms with Crippen LogP contribution in [0.3, 0.4) is 0 Å². The van der Waals surface area contributed by atoms with Crippen molar-refractivity contribution >= 4 is 11.9 Å². The summed E-state index contributed by atoms with van der Waals surface area (Å²) < 4.78 is 15.7. The number of hydrogen-bond donors (Lipinski definition) is 0. The third kappa shape index (κ3) is 4.32. The molecule has 2 rings (SSSR count). The Balaban J connectivity index is 2.02. The van der Waals surface area contributed by atoms with Gasteiger partial charge in [0.05, 0.1) is 31.1 Å². The molecule has 1 unspecified atom stereocenters. The van der Waals surface area contributed by atoms with Gasteiger partial charge in [0.1, 0.15) is 11.9 Å². The number of rotatable bonds is 3. The lowest BCUT2D eigenvalue weighted by Crippen LogP contribution is -2.51. The predicted molar refractivity (Wildman–Crippen MR) is 75.2 cm³/mol. The fourth-order valence-electron chi connectivity index (χ4n) is 2.14. The summed E-state index contributed by atoms with van der Waals surface area (Å²) in [5.74, 6) is -0.0761. The van der Waals surface area contributed by atoms with Crippen LogP contribution in [0.25, 0.3) is 0 Å². The Hall–Kier alpha value is -1.82. The monoisotopic (exact) mass is 295 g/mol. The second kappa shape index (κ2) is 6.30. The molecule has 1 amide bonds. The fraction of sp³-hybridized carbons (Fsp3) is 0.600. The standard InChI is InChI=1S/C15H21NO5/c1-15(2,3)21-14(18)16-5-7-20-10-12(16)8-13(17)11-4-6-19-9-11/h4,6,9,12H,5,7-8,10H2,1-3H3. The van der Waals surface area contributed by atoms with Crippen LogP contribution in [-0.4, -0.2) is 48.2 Å². The molecule has 0 bridgehead atoms. The van der Waals surface area contributed by atoms with Gasteiger partial charge in [-0.05, 0) is 26.8 Å². The molecule has 6 heteroatoms. The summed E-state index contributed by atoms with van der Waals surface area (Å²) in [5.41, 5.74) is -0.0566. The molecule has 0 aliphatic carbocycles. The summed E-state index contributed by atoms with van der Waals surface area (Å²) >= 11 is 0. The number of Topliss-reactive ketones (excluding diaryl/α,β-unsaturated/α-hetero) is 1. The Labute approximate surface area is 124 Å². The van der Waals surface area contributed by atoms with Gasteiger partial charge in [0.2, 0.25) is 0 Å². The maximum atomic E-state index is 12.2. The summed E-state index contributed by atoms with van der Waals surface area (Å²) in [4.78, 5) is 25.9. The predicted octanol–water partition coefficient (Wildman–Crippen LogP) is 2.49. The van der Waals surface area contributed by atoms with Crippen LogP contribution in [0, 0.1) is 0 Å². The van der Waals surface area contributed by atoms with E-state index < -0.39 is 11.7 Å². The minimum atomic E-state index is -0.561. The van der Waals surface area contributed by atoms with E-state index >= 15 is 0 Å². The number of amides is 1. The van der Waals surface area contributed by atoms with E-state index in [1.54, 1.807) is 11.0 Å². The Bertz CT molecular complexity index is 489. The number of hydrogen-bond acceptors (Lipinski definition) is 5. The van der Waals surface area contributed by atoms with Gasteiger partial charge >= 0.3 is 6.09 Å². The SMILES string of the molecule is CC(C)(C)OC(=O)N1CCOCC1CC(=O)c1ccoc1. The zero-order valence-electron chi connectivity index (χ0n) is 12.6. The van der Waals surface area contributed by atoms with Crippen LogP contribution in [0.4, 0.5) is 4.79 Å². The second-order valence-corrected chi connectivity index (χ2v) is 6.04. The Morgan fingerprint density at radius 1 is 1.43 bits per heavy atom. The lowest BCUT2D eigenvalue weighted by atomic mass is 10.0. The van der Waals surface area contributed by atoms with Crippen LogP contribution in [0.1, 0.15) is 37.6 Å². The molecule has 1 atom stereocenters. The molecule has 6 nitrogen and oxygen atoms in total. The third-order valence-electron chi connectivity index (χ3n) is 3.12. The fourth-order valence-corrected chi connectivity index (χ4v) is 2.14. The van der Waals surface area contributed by atoms with Crippen LogP contribution in [0.15, 0.2) is 23.0 Å². The highest BCUT2D eigenvalue weighted by molar-refractivity contribution is 5.96. The van der Waals surface area contributed by atoms with Gasteiger partial charge in [-0.25, -0.2) is 4.79 Å². The average molecular weight is 295 g/mol. The molecule has 21 heavy (non-hydrogen) atoms. The minimum absolute atomic E-state index is 0.0761. The number of ether oxygens (including phenoxy) is 2. The molecule has 0 aromatic carbocycles. The first-order valence-electron chi connectivity index (χ1n) is 6.99. The largest absolute Gasteiger partial charge is 0.472 e. The molecular formula is C15H21NO5. The number of nitrogens with zero attached hydrogens (tertiary/aromatic N) is 1. The maximum absolute atomic E-state index is 12.2. The molecule has 1 fully saturated rings. The first kappa shape index (κ1) is 15.6. The van der Waals surface area contributed by atoms with Gasteiger partial charge in [-0.3, -0.25) is 4.79 Å². The number of furan rings is 1. The number of morpholine rings is 1. The molecular weight excluding hydrogens is 274 g/mol. The topological polar surface area (TPSA) is 69.0 Å².